The van der Waals surface area contributed by atoms with Gasteiger partial charge < -0.3 is 10.2 Å². The summed E-state index contributed by atoms with van der Waals surface area (Å²) in [6, 6.07) is 4.84. The van der Waals surface area contributed by atoms with Crippen LogP contribution >= 0.6 is 27.5 Å². The van der Waals surface area contributed by atoms with Gasteiger partial charge in [-0.2, -0.15) is 0 Å². The zero-order chi connectivity index (χ0) is 14.9. The minimum Gasteiger partial charge on any atom is -0.344 e. The van der Waals surface area contributed by atoms with Gasteiger partial charge in [-0.1, -0.05) is 41.4 Å². The van der Waals surface area contributed by atoms with Crippen LogP contribution in [0.4, 0.5) is 5.69 Å². The molecule has 1 aliphatic rings. The number of carbonyl (C=O) groups is 2. The highest BCUT2D eigenvalue weighted by atomic mass is 79.9. The molecule has 1 saturated heterocycles. The van der Waals surface area contributed by atoms with Crippen LogP contribution in [0.25, 0.3) is 0 Å². The van der Waals surface area contributed by atoms with E-state index in [0.717, 1.165) is 4.47 Å². The molecule has 0 saturated carbocycles. The molecular formula is C14H16BrClN2O2. The van der Waals surface area contributed by atoms with Crippen LogP contribution in [0.2, 0.25) is 5.02 Å². The molecule has 0 radical (unpaired) electrons. The van der Waals surface area contributed by atoms with E-state index < -0.39 is 6.04 Å². The third kappa shape index (κ3) is 3.15. The van der Waals surface area contributed by atoms with Crippen molar-refractivity contribution in [1.29, 1.82) is 0 Å². The minimum absolute atomic E-state index is 0.0259. The molecule has 2 rings (SSSR count). The van der Waals surface area contributed by atoms with Gasteiger partial charge in [-0.25, -0.2) is 0 Å². The van der Waals surface area contributed by atoms with Gasteiger partial charge in [-0.3, -0.25) is 9.59 Å². The van der Waals surface area contributed by atoms with Gasteiger partial charge in [0.15, 0.2) is 0 Å². The van der Waals surface area contributed by atoms with Gasteiger partial charge in [0.1, 0.15) is 6.04 Å². The molecule has 2 amide bonds. The predicted octanol–water partition coefficient (Wildman–Crippen LogP) is 2.98. The van der Waals surface area contributed by atoms with Crippen molar-refractivity contribution in [2.75, 3.05) is 11.4 Å². The van der Waals surface area contributed by atoms with E-state index in [1.165, 1.54) is 0 Å². The first-order valence-corrected chi connectivity index (χ1v) is 7.63. The van der Waals surface area contributed by atoms with Crippen molar-refractivity contribution in [1.82, 2.24) is 5.32 Å². The maximum Gasteiger partial charge on any atom is 0.249 e. The molecule has 1 heterocycles. The standard InChI is InChI=1S/C14H16BrClN2O2/c1-8(2)13-14(20)18(6-5-12(19)17-13)11-7-9(15)3-4-10(11)16/h3-4,7-8,13H,5-6H2,1-2H3,(H,17,19). The quantitative estimate of drug-likeness (QED) is 0.882. The maximum absolute atomic E-state index is 12.6. The molecule has 0 spiro atoms. The second-order valence-corrected chi connectivity index (χ2v) is 6.45. The fourth-order valence-corrected chi connectivity index (χ4v) is 2.75. The van der Waals surface area contributed by atoms with E-state index in [9.17, 15) is 9.59 Å². The Labute approximate surface area is 131 Å². The summed E-state index contributed by atoms with van der Waals surface area (Å²) in [6.45, 7) is 4.16. The number of hydrogen-bond donors (Lipinski definition) is 1. The predicted molar refractivity (Wildman–Crippen MR) is 82.9 cm³/mol. The molecule has 1 fully saturated rings. The average Bonchev–Trinajstić information content (AvgIpc) is 2.53. The molecule has 6 heteroatoms. The molecular weight excluding hydrogens is 344 g/mol. The van der Waals surface area contributed by atoms with Crippen LogP contribution < -0.4 is 10.2 Å². The number of nitrogens with zero attached hydrogens (tertiary/aromatic N) is 1. The normalized spacial score (nSPS) is 20.1. The highest BCUT2D eigenvalue weighted by Gasteiger charge is 2.33. The van der Waals surface area contributed by atoms with E-state index in [4.69, 9.17) is 11.6 Å². The Balaban J connectivity index is 2.41. The second-order valence-electron chi connectivity index (χ2n) is 5.12. The summed E-state index contributed by atoms with van der Waals surface area (Å²) in [6.07, 6.45) is 0.276. The van der Waals surface area contributed by atoms with Gasteiger partial charge in [0.2, 0.25) is 11.8 Å². The van der Waals surface area contributed by atoms with Crippen LogP contribution in [-0.2, 0) is 9.59 Å². The first-order chi connectivity index (χ1) is 9.40. The monoisotopic (exact) mass is 358 g/mol. The molecule has 1 aromatic carbocycles. The van der Waals surface area contributed by atoms with Crippen LogP contribution in [-0.4, -0.2) is 24.4 Å². The molecule has 4 nitrogen and oxygen atoms in total. The lowest BCUT2D eigenvalue weighted by Crippen LogP contribution is -2.47. The maximum atomic E-state index is 12.6. The summed E-state index contributed by atoms with van der Waals surface area (Å²) in [5.41, 5.74) is 0.633. The summed E-state index contributed by atoms with van der Waals surface area (Å²) in [4.78, 5) is 26.0. The molecule has 20 heavy (non-hydrogen) atoms. The number of anilines is 1. The van der Waals surface area contributed by atoms with E-state index in [0.29, 0.717) is 17.3 Å². The zero-order valence-corrected chi connectivity index (χ0v) is 13.7. The first-order valence-electron chi connectivity index (χ1n) is 6.46. The van der Waals surface area contributed by atoms with E-state index >= 15 is 0 Å². The van der Waals surface area contributed by atoms with E-state index in [1.54, 1.807) is 17.0 Å². The number of carbonyl (C=O) groups excluding carboxylic acids is 2. The molecule has 1 atom stereocenters. The molecule has 0 bridgehead atoms. The summed E-state index contributed by atoms with van der Waals surface area (Å²) in [7, 11) is 0. The Morgan fingerprint density at radius 3 is 2.75 bits per heavy atom. The molecule has 0 aliphatic carbocycles. The zero-order valence-electron chi connectivity index (χ0n) is 11.3. The number of amides is 2. The number of halogens is 2. The highest BCUT2D eigenvalue weighted by Crippen LogP contribution is 2.31. The fraction of sp³-hybridized carbons (Fsp3) is 0.429. The number of benzene rings is 1. The van der Waals surface area contributed by atoms with Crippen LogP contribution in [0, 0.1) is 5.92 Å². The summed E-state index contributed by atoms with van der Waals surface area (Å²) in [5, 5.41) is 3.28. The third-order valence-electron chi connectivity index (χ3n) is 3.28. The van der Waals surface area contributed by atoms with Gasteiger partial charge in [-0.15, -0.1) is 0 Å². The van der Waals surface area contributed by atoms with Crippen molar-refractivity contribution in [3.05, 3.63) is 27.7 Å². The Morgan fingerprint density at radius 1 is 1.40 bits per heavy atom. The van der Waals surface area contributed by atoms with Gasteiger partial charge >= 0.3 is 0 Å². The topological polar surface area (TPSA) is 49.4 Å². The fourth-order valence-electron chi connectivity index (χ4n) is 2.18. The van der Waals surface area contributed by atoms with Crippen molar-refractivity contribution < 1.29 is 9.59 Å². The second kappa shape index (κ2) is 6.14. The molecule has 1 unspecified atom stereocenters. The largest absolute Gasteiger partial charge is 0.344 e. The van der Waals surface area contributed by atoms with Crippen LogP contribution in [0.15, 0.2) is 22.7 Å². The Kier molecular flexibility index (Phi) is 4.70. The van der Waals surface area contributed by atoms with E-state index in [1.807, 2.05) is 19.9 Å². The molecule has 0 aromatic heterocycles. The Morgan fingerprint density at radius 2 is 2.10 bits per heavy atom. The van der Waals surface area contributed by atoms with Crippen molar-refractivity contribution >= 4 is 45.0 Å². The van der Waals surface area contributed by atoms with Gasteiger partial charge in [0.05, 0.1) is 10.7 Å². The van der Waals surface area contributed by atoms with Gasteiger partial charge in [0.25, 0.3) is 0 Å². The summed E-state index contributed by atoms with van der Waals surface area (Å²) in [5.74, 6) is -0.200. The first kappa shape index (κ1) is 15.3. The lowest BCUT2D eigenvalue weighted by molar-refractivity contribution is -0.126. The average molecular weight is 360 g/mol. The lowest BCUT2D eigenvalue weighted by Gasteiger charge is -2.27. The van der Waals surface area contributed by atoms with Gasteiger partial charge in [-0.05, 0) is 24.1 Å². The minimum atomic E-state index is -0.514. The van der Waals surface area contributed by atoms with Crippen molar-refractivity contribution in [3.8, 4) is 0 Å². The lowest BCUT2D eigenvalue weighted by atomic mass is 10.0. The third-order valence-corrected chi connectivity index (χ3v) is 4.09. The highest BCUT2D eigenvalue weighted by molar-refractivity contribution is 9.10. The summed E-state index contributed by atoms with van der Waals surface area (Å²) >= 11 is 9.57. The van der Waals surface area contributed by atoms with Crippen LogP contribution in [0.1, 0.15) is 20.3 Å². The molecule has 1 aliphatic heterocycles. The van der Waals surface area contributed by atoms with Crippen molar-refractivity contribution in [2.45, 2.75) is 26.3 Å². The molecule has 1 aromatic rings. The number of hydrogen-bond acceptors (Lipinski definition) is 2. The number of rotatable bonds is 2. The van der Waals surface area contributed by atoms with E-state index in [2.05, 4.69) is 21.2 Å². The molecule has 108 valence electrons. The van der Waals surface area contributed by atoms with Crippen LogP contribution in [0.5, 0.6) is 0 Å². The Hall–Kier alpha value is -1.07. The SMILES string of the molecule is CC(C)C1NC(=O)CCN(c2cc(Br)ccc2Cl)C1=O. The summed E-state index contributed by atoms with van der Waals surface area (Å²) < 4.78 is 0.842. The van der Waals surface area contributed by atoms with Crippen LogP contribution in [0.3, 0.4) is 0 Å². The van der Waals surface area contributed by atoms with Crippen molar-refractivity contribution in [2.24, 2.45) is 5.92 Å². The van der Waals surface area contributed by atoms with Crippen molar-refractivity contribution in [3.63, 3.8) is 0 Å². The molecule has 1 N–H and O–H groups in total. The Bertz CT molecular complexity index is 548. The van der Waals surface area contributed by atoms with E-state index in [-0.39, 0.29) is 24.2 Å². The smallest absolute Gasteiger partial charge is 0.249 e. The number of nitrogens with one attached hydrogen (secondary N) is 1. The van der Waals surface area contributed by atoms with Gasteiger partial charge in [0, 0.05) is 17.4 Å².